The van der Waals surface area contributed by atoms with Crippen molar-refractivity contribution in [2.45, 2.75) is 12.1 Å². The Hall–Kier alpha value is -3.29. The first-order chi connectivity index (χ1) is 15.4. The number of aliphatic hydroxyl groups excluding tert-OH is 1. The van der Waals surface area contributed by atoms with E-state index in [0.717, 1.165) is 10.5 Å². The largest absolute Gasteiger partial charge is 0.450 e. The number of hydrogen-bond acceptors (Lipinski definition) is 4. The number of fused-ring (bicyclic) bond motifs is 2. The Balaban J connectivity index is 1.69. The number of carbonyl (C=O) groups is 1. The summed E-state index contributed by atoms with van der Waals surface area (Å²) in [5.41, 5.74) is 1.15. The number of amides is 1. The van der Waals surface area contributed by atoms with Crippen LogP contribution in [0.25, 0.3) is 11.0 Å². The predicted octanol–water partition coefficient (Wildman–Crippen LogP) is 4.97. The molecule has 5 rings (SSSR count). The summed E-state index contributed by atoms with van der Waals surface area (Å²) >= 11 is 3.44. The lowest BCUT2D eigenvalue weighted by molar-refractivity contribution is 0.0583. The predicted molar refractivity (Wildman–Crippen MR) is 121 cm³/mol. The summed E-state index contributed by atoms with van der Waals surface area (Å²) in [5, 5.41) is 10.9. The van der Waals surface area contributed by atoms with Crippen molar-refractivity contribution in [1.82, 2.24) is 4.90 Å². The van der Waals surface area contributed by atoms with Crippen molar-refractivity contribution in [3.8, 4) is 0 Å². The van der Waals surface area contributed by atoms with Crippen LogP contribution < -0.4 is 5.43 Å². The molecule has 1 aliphatic rings. The summed E-state index contributed by atoms with van der Waals surface area (Å²) in [4.78, 5) is 28.2. The second-order valence-corrected chi connectivity index (χ2v) is 8.57. The third-order valence-electron chi connectivity index (χ3n) is 5.65. The molecule has 0 aliphatic carbocycles. The lowest BCUT2D eigenvalue weighted by Gasteiger charge is -2.27. The van der Waals surface area contributed by atoms with E-state index >= 15 is 0 Å². The number of rotatable bonds is 4. The van der Waals surface area contributed by atoms with Gasteiger partial charge in [-0.05, 0) is 41.5 Å². The van der Waals surface area contributed by atoms with Crippen molar-refractivity contribution in [3.63, 3.8) is 0 Å². The van der Waals surface area contributed by atoms with Crippen LogP contribution in [-0.2, 0) is 0 Å². The minimum absolute atomic E-state index is 0.0472. The molecule has 0 saturated heterocycles. The average molecular weight is 494 g/mol. The molecule has 0 radical (unpaired) electrons. The fraction of sp³-hybridized carbons (Fsp3) is 0.120. The van der Waals surface area contributed by atoms with E-state index in [9.17, 15) is 19.1 Å². The maximum Gasteiger partial charge on any atom is 0.291 e. The zero-order valence-corrected chi connectivity index (χ0v) is 18.3. The highest BCUT2D eigenvalue weighted by Gasteiger charge is 2.43. The van der Waals surface area contributed by atoms with Crippen LogP contribution in [0.2, 0.25) is 0 Å². The van der Waals surface area contributed by atoms with Gasteiger partial charge in [-0.25, -0.2) is 4.39 Å². The van der Waals surface area contributed by atoms with Crippen LogP contribution in [-0.4, -0.2) is 22.5 Å². The second kappa shape index (κ2) is 8.00. The first kappa shape index (κ1) is 20.6. The number of nitrogens with zero attached hydrogens (tertiary/aromatic N) is 1. The van der Waals surface area contributed by atoms with Crippen molar-refractivity contribution in [2.75, 3.05) is 6.54 Å². The number of aliphatic hydroxyl groups is 1. The lowest BCUT2D eigenvalue weighted by atomic mass is 9.98. The van der Waals surface area contributed by atoms with E-state index in [1.54, 1.807) is 36.4 Å². The molecular weight excluding hydrogens is 477 g/mol. The Labute approximate surface area is 190 Å². The van der Waals surface area contributed by atoms with E-state index in [4.69, 9.17) is 4.42 Å². The highest BCUT2D eigenvalue weighted by Crippen LogP contribution is 2.39. The molecule has 2 atom stereocenters. The third-order valence-corrected chi connectivity index (χ3v) is 6.14. The summed E-state index contributed by atoms with van der Waals surface area (Å²) in [5.74, 6) is -1.15. The molecular formula is C25H17BrFNO4. The molecule has 160 valence electrons. The quantitative estimate of drug-likeness (QED) is 0.435. The average Bonchev–Trinajstić information content (AvgIpc) is 3.07. The van der Waals surface area contributed by atoms with E-state index in [1.165, 1.54) is 17.0 Å². The van der Waals surface area contributed by atoms with Gasteiger partial charge in [0, 0.05) is 4.47 Å². The molecule has 1 aromatic heterocycles. The van der Waals surface area contributed by atoms with E-state index in [-0.39, 0.29) is 28.8 Å². The maximum atomic E-state index is 13.9. The normalized spacial score (nSPS) is 16.4. The van der Waals surface area contributed by atoms with Gasteiger partial charge in [0.1, 0.15) is 11.4 Å². The summed E-state index contributed by atoms with van der Waals surface area (Å²) < 4.78 is 20.4. The van der Waals surface area contributed by atoms with Gasteiger partial charge < -0.3 is 14.4 Å². The zero-order chi connectivity index (χ0) is 22.4. The summed E-state index contributed by atoms with van der Waals surface area (Å²) in [6.07, 6.45) is -0.967. The monoisotopic (exact) mass is 493 g/mol. The molecule has 7 heteroatoms. The first-order valence-corrected chi connectivity index (χ1v) is 10.8. The van der Waals surface area contributed by atoms with Gasteiger partial charge in [-0.2, -0.15) is 0 Å². The Bertz CT molecular complexity index is 1400. The lowest BCUT2D eigenvalue weighted by Crippen LogP contribution is -2.33. The minimum Gasteiger partial charge on any atom is -0.450 e. The highest BCUT2D eigenvalue weighted by atomic mass is 79.9. The number of carbonyl (C=O) groups excluding carboxylic acids is 1. The van der Waals surface area contributed by atoms with E-state index in [2.05, 4.69) is 15.9 Å². The van der Waals surface area contributed by atoms with E-state index in [1.807, 2.05) is 18.2 Å². The molecule has 1 aliphatic heterocycles. The van der Waals surface area contributed by atoms with Crippen LogP contribution in [0.4, 0.5) is 4.39 Å². The SMILES string of the molecule is O=C1c2oc3ccc(F)cc3c(=O)c2C(c2cccc(Br)c2)N1CC(O)c1ccccc1. The molecule has 2 unspecified atom stereocenters. The molecule has 0 fully saturated rings. The first-order valence-electron chi connectivity index (χ1n) is 10.00. The van der Waals surface area contributed by atoms with Gasteiger partial charge in [0.15, 0.2) is 5.43 Å². The Morgan fingerprint density at radius 2 is 1.81 bits per heavy atom. The molecule has 5 nitrogen and oxygen atoms in total. The molecule has 0 spiro atoms. The van der Waals surface area contributed by atoms with E-state index in [0.29, 0.717) is 11.1 Å². The van der Waals surface area contributed by atoms with Crippen LogP contribution in [0.15, 0.2) is 86.5 Å². The van der Waals surface area contributed by atoms with Crippen LogP contribution >= 0.6 is 15.9 Å². The molecule has 32 heavy (non-hydrogen) atoms. The molecule has 2 heterocycles. The smallest absolute Gasteiger partial charge is 0.291 e. The minimum atomic E-state index is -0.967. The summed E-state index contributed by atoms with van der Waals surface area (Å²) in [6.45, 7) is -0.0472. The number of benzene rings is 3. The van der Waals surface area contributed by atoms with Crippen LogP contribution in [0.5, 0.6) is 0 Å². The fourth-order valence-corrected chi connectivity index (χ4v) is 4.59. The molecule has 4 aromatic rings. The maximum absolute atomic E-state index is 13.9. The van der Waals surface area contributed by atoms with Gasteiger partial charge in [0.2, 0.25) is 5.76 Å². The molecule has 0 bridgehead atoms. The van der Waals surface area contributed by atoms with E-state index < -0.39 is 29.3 Å². The van der Waals surface area contributed by atoms with Gasteiger partial charge in [0.25, 0.3) is 5.91 Å². The number of hydrogen-bond donors (Lipinski definition) is 1. The third kappa shape index (κ3) is 3.43. The van der Waals surface area contributed by atoms with Crippen LogP contribution in [0.1, 0.15) is 39.4 Å². The van der Waals surface area contributed by atoms with Crippen molar-refractivity contribution in [2.24, 2.45) is 0 Å². The topological polar surface area (TPSA) is 70.8 Å². The fourth-order valence-electron chi connectivity index (χ4n) is 4.17. The second-order valence-electron chi connectivity index (χ2n) is 7.66. The molecule has 1 N–H and O–H groups in total. The standard InChI is InChI=1S/C25H17BrFNO4/c26-16-8-4-7-15(11-16)22-21-23(30)18-12-17(27)9-10-20(18)32-24(21)25(31)28(22)13-19(29)14-5-2-1-3-6-14/h1-12,19,22,29H,13H2. The summed E-state index contributed by atoms with van der Waals surface area (Å²) in [7, 11) is 0. The molecule has 1 amide bonds. The van der Waals surface area contributed by atoms with Crippen molar-refractivity contribution in [1.29, 1.82) is 0 Å². The molecule has 3 aromatic carbocycles. The van der Waals surface area contributed by atoms with Gasteiger partial charge in [-0.1, -0.05) is 58.4 Å². The van der Waals surface area contributed by atoms with Gasteiger partial charge in [-0.15, -0.1) is 0 Å². The zero-order valence-electron chi connectivity index (χ0n) is 16.7. The van der Waals surface area contributed by atoms with Crippen molar-refractivity contribution in [3.05, 3.63) is 116 Å². The van der Waals surface area contributed by atoms with Gasteiger partial charge in [0.05, 0.1) is 29.6 Å². The summed E-state index contributed by atoms with van der Waals surface area (Å²) in [6, 6.07) is 19.1. The molecule has 0 saturated carbocycles. The Morgan fingerprint density at radius 1 is 1.03 bits per heavy atom. The van der Waals surface area contributed by atoms with Crippen molar-refractivity contribution >= 4 is 32.8 Å². The Morgan fingerprint density at radius 3 is 2.56 bits per heavy atom. The van der Waals surface area contributed by atoms with Gasteiger partial charge in [-0.3, -0.25) is 9.59 Å². The Kier molecular flexibility index (Phi) is 5.15. The number of β-amino-alcohol motifs (C(OH)–C–C–N with tert-alkyl or cyclic N) is 1. The highest BCUT2D eigenvalue weighted by molar-refractivity contribution is 9.10. The van der Waals surface area contributed by atoms with Crippen LogP contribution in [0.3, 0.4) is 0 Å². The number of halogens is 2. The van der Waals surface area contributed by atoms with Crippen LogP contribution in [0, 0.1) is 5.82 Å². The van der Waals surface area contributed by atoms with Crippen molar-refractivity contribution < 1.29 is 18.7 Å². The van der Waals surface area contributed by atoms with Gasteiger partial charge >= 0.3 is 0 Å².